The van der Waals surface area contributed by atoms with Gasteiger partial charge in [-0.1, -0.05) is 72.8 Å². The van der Waals surface area contributed by atoms with E-state index in [2.05, 4.69) is 0 Å². The Hall–Kier alpha value is -2.41. The summed E-state index contributed by atoms with van der Waals surface area (Å²) in [5.74, 6) is 0. The van der Waals surface area contributed by atoms with Crippen molar-refractivity contribution >= 4 is 0 Å². The van der Waals surface area contributed by atoms with Gasteiger partial charge in [-0.05, 0) is 23.6 Å². The predicted molar refractivity (Wildman–Crippen MR) is 84.0 cm³/mol. The molecule has 0 heterocycles. The molecule has 4 rings (SSSR count). The fraction of sp³-hybridized carbons (Fsp3) is 0.100. The molecule has 0 unspecified atom stereocenters. The van der Waals surface area contributed by atoms with Crippen molar-refractivity contribution in [2.45, 2.75) is 12.6 Å². The number of rotatable bonds is 1. The molecule has 0 fully saturated rings. The fourth-order valence-electron chi connectivity index (χ4n) is 3.43. The number of aryl methyl sites for hydroxylation is 1. The van der Waals surface area contributed by atoms with Crippen LogP contribution < -0.4 is 0 Å². The van der Waals surface area contributed by atoms with Gasteiger partial charge in [-0.2, -0.15) is 0 Å². The van der Waals surface area contributed by atoms with Crippen LogP contribution >= 0.6 is 0 Å². The highest BCUT2D eigenvalue weighted by Gasteiger charge is 2.45. The molecule has 0 spiro atoms. The highest BCUT2D eigenvalue weighted by atomic mass is 19.1. The van der Waals surface area contributed by atoms with Gasteiger partial charge in [-0.25, -0.2) is 4.39 Å². The van der Waals surface area contributed by atoms with Crippen LogP contribution in [0.3, 0.4) is 0 Å². The number of halogens is 1. The number of hydrogen-bond donors (Lipinski definition) is 0. The van der Waals surface area contributed by atoms with Crippen LogP contribution in [0.4, 0.5) is 4.39 Å². The molecule has 0 amide bonds. The van der Waals surface area contributed by atoms with Crippen molar-refractivity contribution in [1.82, 2.24) is 0 Å². The summed E-state index contributed by atoms with van der Waals surface area (Å²) < 4.78 is 16.3. The molecule has 1 heteroatoms. The number of benzene rings is 3. The Morgan fingerprint density at radius 1 is 0.619 bits per heavy atom. The van der Waals surface area contributed by atoms with Gasteiger partial charge in [0, 0.05) is 16.7 Å². The van der Waals surface area contributed by atoms with E-state index in [1.807, 2.05) is 79.7 Å². The highest BCUT2D eigenvalue weighted by Crippen LogP contribution is 2.53. The second-order valence-electron chi connectivity index (χ2n) is 5.56. The summed E-state index contributed by atoms with van der Waals surface area (Å²) in [6.45, 7) is 1.97. The summed E-state index contributed by atoms with van der Waals surface area (Å²) in [6.07, 6.45) is 0. The zero-order valence-electron chi connectivity index (χ0n) is 11.8. The molecule has 0 nitrogen and oxygen atoms in total. The van der Waals surface area contributed by atoms with Gasteiger partial charge < -0.3 is 0 Å². The average Bonchev–Trinajstić information content (AvgIpc) is 2.79. The SMILES string of the molecule is Cc1ccccc1C1(F)c2ccccc2-c2ccccc21. The minimum absolute atomic E-state index is 0.738. The maximum atomic E-state index is 16.3. The Bertz CT molecular complexity index is 787. The van der Waals surface area contributed by atoms with Crippen molar-refractivity contribution < 1.29 is 4.39 Å². The lowest BCUT2D eigenvalue weighted by molar-refractivity contribution is 0.287. The molecule has 21 heavy (non-hydrogen) atoms. The van der Waals surface area contributed by atoms with Crippen LogP contribution in [0.5, 0.6) is 0 Å². The van der Waals surface area contributed by atoms with E-state index in [0.29, 0.717) is 0 Å². The number of fused-ring (bicyclic) bond motifs is 3. The highest BCUT2D eigenvalue weighted by molar-refractivity contribution is 5.82. The lowest BCUT2D eigenvalue weighted by Gasteiger charge is -2.25. The van der Waals surface area contributed by atoms with E-state index in [0.717, 1.165) is 33.4 Å². The average molecular weight is 274 g/mol. The molecule has 1 aliphatic rings. The minimum atomic E-state index is -1.56. The molecule has 102 valence electrons. The second kappa shape index (κ2) is 4.29. The van der Waals surface area contributed by atoms with Crippen LogP contribution in [-0.4, -0.2) is 0 Å². The zero-order chi connectivity index (χ0) is 14.4. The Balaban J connectivity index is 2.12. The third-order valence-electron chi connectivity index (χ3n) is 4.40. The normalized spacial score (nSPS) is 14.6. The molecule has 0 saturated heterocycles. The molecule has 0 saturated carbocycles. The van der Waals surface area contributed by atoms with Gasteiger partial charge in [-0.15, -0.1) is 0 Å². The first-order valence-electron chi connectivity index (χ1n) is 7.17. The molecule has 0 radical (unpaired) electrons. The van der Waals surface area contributed by atoms with E-state index in [1.165, 1.54) is 0 Å². The summed E-state index contributed by atoms with van der Waals surface area (Å²) in [6, 6.07) is 23.3. The van der Waals surface area contributed by atoms with Crippen molar-refractivity contribution in [2.24, 2.45) is 0 Å². The van der Waals surface area contributed by atoms with Crippen LogP contribution in [-0.2, 0) is 5.67 Å². The number of hydrogen-bond acceptors (Lipinski definition) is 0. The maximum Gasteiger partial charge on any atom is 0.187 e. The lowest BCUT2D eigenvalue weighted by Crippen LogP contribution is -2.21. The third-order valence-corrected chi connectivity index (χ3v) is 4.40. The van der Waals surface area contributed by atoms with E-state index in [9.17, 15) is 0 Å². The maximum absolute atomic E-state index is 16.3. The Morgan fingerprint density at radius 3 is 1.57 bits per heavy atom. The van der Waals surface area contributed by atoms with Crippen LogP contribution in [0.25, 0.3) is 11.1 Å². The van der Waals surface area contributed by atoms with Crippen LogP contribution in [0.2, 0.25) is 0 Å². The topological polar surface area (TPSA) is 0 Å². The zero-order valence-corrected chi connectivity index (χ0v) is 11.8. The molecule has 3 aromatic rings. The lowest BCUT2D eigenvalue weighted by atomic mass is 9.84. The first kappa shape index (κ1) is 12.3. The Labute approximate surface area is 123 Å². The standard InChI is InChI=1S/C20H15F/c1-14-8-2-5-11-17(14)20(21)18-12-6-3-9-15(18)16-10-4-7-13-19(16)20/h2-13H,1H3. The smallest absolute Gasteiger partial charge is 0.187 e. The van der Waals surface area contributed by atoms with Gasteiger partial charge in [0.1, 0.15) is 0 Å². The summed E-state index contributed by atoms with van der Waals surface area (Å²) in [7, 11) is 0. The van der Waals surface area contributed by atoms with E-state index in [-0.39, 0.29) is 0 Å². The first-order chi connectivity index (χ1) is 10.2. The van der Waals surface area contributed by atoms with Gasteiger partial charge in [-0.3, -0.25) is 0 Å². The summed E-state index contributed by atoms with van der Waals surface area (Å²) in [4.78, 5) is 0. The Morgan fingerprint density at radius 2 is 1.05 bits per heavy atom. The molecular formula is C20H15F. The molecule has 3 aromatic carbocycles. The Kier molecular flexibility index (Phi) is 2.52. The van der Waals surface area contributed by atoms with Gasteiger partial charge in [0.15, 0.2) is 5.67 Å². The summed E-state index contributed by atoms with van der Waals surface area (Å²) in [5, 5.41) is 0. The van der Waals surface area contributed by atoms with Crippen LogP contribution in [0.1, 0.15) is 22.3 Å². The molecule has 0 bridgehead atoms. The van der Waals surface area contributed by atoms with Gasteiger partial charge in [0.2, 0.25) is 0 Å². The molecule has 0 atom stereocenters. The van der Waals surface area contributed by atoms with E-state index in [4.69, 9.17) is 0 Å². The minimum Gasteiger partial charge on any atom is -0.228 e. The largest absolute Gasteiger partial charge is 0.228 e. The quantitative estimate of drug-likeness (QED) is 0.569. The molecule has 1 aliphatic carbocycles. The van der Waals surface area contributed by atoms with Crippen molar-refractivity contribution in [3.05, 3.63) is 95.1 Å². The van der Waals surface area contributed by atoms with E-state index < -0.39 is 5.67 Å². The second-order valence-corrected chi connectivity index (χ2v) is 5.56. The molecule has 0 N–H and O–H groups in total. The molecular weight excluding hydrogens is 259 g/mol. The van der Waals surface area contributed by atoms with Crippen molar-refractivity contribution in [3.63, 3.8) is 0 Å². The molecule has 0 aliphatic heterocycles. The predicted octanol–water partition coefficient (Wildman–Crippen LogP) is 5.24. The van der Waals surface area contributed by atoms with Crippen LogP contribution in [0.15, 0.2) is 72.8 Å². The van der Waals surface area contributed by atoms with Gasteiger partial charge in [0.05, 0.1) is 0 Å². The number of alkyl halides is 1. The first-order valence-corrected chi connectivity index (χ1v) is 7.17. The van der Waals surface area contributed by atoms with Crippen molar-refractivity contribution in [2.75, 3.05) is 0 Å². The van der Waals surface area contributed by atoms with Crippen LogP contribution in [0, 0.1) is 6.92 Å². The fourth-order valence-corrected chi connectivity index (χ4v) is 3.43. The van der Waals surface area contributed by atoms with E-state index >= 15 is 4.39 Å². The van der Waals surface area contributed by atoms with Gasteiger partial charge in [0.25, 0.3) is 0 Å². The van der Waals surface area contributed by atoms with Gasteiger partial charge >= 0.3 is 0 Å². The third kappa shape index (κ3) is 1.55. The monoisotopic (exact) mass is 274 g/mol. The molecule has 0 aromatic heterocycles. The van der Waals surface area contributed by atoms with Crippen molar-refractivity contribution in [1.29, 1.82) is 0 Å². The van der Waals surface area contributed by atoms with E-state index in [1.54, 1.807) is 0 Å². The van der Waals surface area contributed by atoms with Crippen molar-refractivity contribution in [3.8, 4) is 11.1 Å². The summed E-state index contributed by atoms with van der Waals surface area (Å²) in [5.41, 5.74) is 3.66. The summed E-state index contributed by atoms with van der Waals surface area (Å²) >= 11 is 0.